The molecule has 2 heteroatoms. The number of rotatable bonds is 0. The van der Waals surface area contributed by atoms with E-state index in [1.165, 1.54) is 44.0 Å². The number of H-pyrrole nitrogens is 1. The average Bonchev–Trinajstić information content (AvgIpc) is 2.80. The van der Waals surface area contributed by atoms with E-state index in [1.807, 2.05) is 0 Å². The minimum absolute atomic E-state index is 1.23. The summed E-state index contributed by atoms with van der Waals surface area (Å²) < 4.78 is 2.21. The van der Waals surface area contributed by atoms with Crippen molar-refractivity contribution in [1.29, 1.82) is 0 Å². The van der Waals surface area contributed by atoms with Gasteiger partial charge in [-0.3, -0.25) is 0 Å². The monoisotopic (exact) mass is 261 g/mol. The average molecular weight is 261 g/mol. The molecule has 0 aliphatic rings. The highest BCUT2D eigenvalue weighted by molar-refractivity contribution is 6.07. The van der Waals surface area contributed by atoms with E-state index in [-0.39, 0.29) is 0 Å². The van der Waals surface area contributed by atoms with Crippen molar-refractivity contribution in [2.45, 2.75) is 20.8 Å². The number of hydrogen-bond acceptors (Lipinski definition) is 0. The maximum Gasteiger partial charge on any atom is 0.253 e. The predicted molar refractivity (Wildman–Crippen MR) is 83.2 cm³/mol. The lowest BCUT2D eigenvalue weighted by atomic mass is 10.0. The first kappa shape index (κ1) is 11.5. The summed E-state index contributed by atoms with van der Waals surface area (Å²) in [7, 11) is 0. The zero-order valence-corrected chi connectivity index (χ0v) is 12.0. The molecule has 0 saturated carbocycles. The third kappa shape index (κ3) is 1.42. The highest BCUT2D eigenvalue weighted by Crippen LogP contribution is 2.27. The lowest BCUT2D eigenvalue weighted by Gasteiger charge is -1.98. The molecule has 0 unspecified atom stereocenters. The Hall–Kier alpha value is -2.35. The van der Waals surface area contributed by atoms with Crippen LogP contribution >= 0.6 is 0 Å². The van der Waals surface area contributed by atoms with Crippen molar-refractivity contribution in [2.75, 3.05) is 0 Å². The van der Waals surface area contributed by atoms with Gasteiger partial charge in [0.05, 0.1) is 10.8 Å². The van der Waals surface area contributed by atoms with Crippen molar-refractivity contribution in [1.82, 2.24) is 5.10 Å². The fourth-order valence-electron chi connectivity index (χ4n) is 3.25. The third-order valence-corrected chi connectivity index (χ3v) is 4.12. The van der Waals surface area contributed by atoms with Crippen molar-refractivity contribution >= 4 is 27.2 Å². The Labute approximate surface area is 117 Å². The van der Waals surface area contributed by atoms with Gasteiger partial charge in [0.25, 0.3) is 5.52 Å². The fraction of sp³-hybridized carbons (Fsp3) is 0.167. The number of aromatic amines is 1. The van der Waals surface area contributed by atoms with E-state index in [0.717, 1.165) is 0 Å². The van der Waals surface area contributed by atoms with E-state index in [2.05, 4.69) is 72.8 Å². The van der Waals surface area contributed by atoms with Crippen LogP contribution in [-0.2, 0) is 0 Å². The molecule has 4 rings (SSSR count). The van der Waals surface area contributed by atoms with Gasteiger partial charge in [0.1, 0.15) is 5.52 Å². The zero-order chi connectivity index (χ0) is 13.9. The van der Waals surface area contributed by atoms with Crippen molar-refractivity contribution in [3.63, 3.8) is 0 Å². The van der Waals surface area contributed by atoms with Crippen LogP contribution < -0.4 is 4.52 Å². The van der Waals surface area contributed by atoms with Crippen LogP contribution in [0.25, 0.3) is 27.2 Å². The molecule has 1 N–H and O–H groups in total. The first-order valence-electron chi connectivity index (χ1n) is 6.98. The fourth-order valence-corrected chi connectivity index (χ4v) is 3.25. The van der Waals surface area contributed by atoms with Gasteiger partial charge in [-0.25, -0.2) is 0 Å². The summed E-state index contributed by atoms with van der Waals surface area (Å²) >= 11 is 0. The highest BCUT2D eigenvalue weighted by Gasteiger charge is 2.19. The minimum Gasteiger partial charge on any atom is -0.159 e. The largest absolute Gasteiger partial charge is 0.253 e. The van der Waals surface area contributed by atoms with E-state index in [1.54, 1.807) is 0 Å². The van der Waals surface area contributed by atoms with Crippen molar-refractivity contribution in [3.05, 3.63) is 59.3 Å². The Morgan fingerprint density at radius 2 is 1.70 bits per heavy atom. The molecule has 0 amide bonds. The van der Waals surface area contributed by atoms with Crippen LogP contribution in [0, 0.1) is 20.8 Å². The van der Waals surface area contributed by atoms with Crippen LogP contribution in [0.5, 0.6) is 0 Å². The summed E-state index contributed by atoms with van der Waals surface area (Å²) in [5.74, 6) is 0. The molecule has 0 aliphatic heterocycles. The molecule has 20 heavy (non-hydrogen) atoms. The molecule has 2 aromatic heterocycles. The number of aryl methyl sites for hydroxylation is 3. The second kappa shape index (κ2) is 3.83. The first-order chi connectivity index (χ1) is 9.65. The molecule has 98 valence electrons. The minimum atomic E-state index is 1.23. The number of hydrogen-bond donors (Lipinski definition) is 1. The molecule has 0 aliphatic carbocycles. The van der Waals surface area contributed by atoms with E-state index < -0.39 is 0 Å². The Morgan fingerprint density at radius 3 is 2.55 bits per heavy atom. The molecule has 4 aromatic rings. The SMILES string of the molecule is Cc1cc(C)c2[nH][n+]3c(C)cc4ccccc4c3c2c1. The molecule has 2 aromatic carbocycles. The van der Waals surface area contributed by atoms with Gasteiger partial charge >= 0.3 is 0 Å². The summed E-state index contributed by atoms with van der Waals surface area (Å²) in [4.78, 5) is 0. The summed E-state index contributed by atoms with van der Waals surface area (Å²) in [6.07, 6.45) is 0. The third-order valence-electron chi connectivity index (χ3n) is 4.12. The molecule has 0 fully saturated rings. The summed E-state index contributed by atoms with van der Waals surface area (Å²) in [6, 6.07) is 15.3. The second-order valence-corrected chi connectivity index (χ2v) is 5.67. The molecule has 0 spiro atoms. The summed E-state index contributed by atoms with van der Waals surface area (Å²) in [6.45, 7) is 6.48. The molecule has 2 heterocycles. The van der Waals surface area contributed by atoms with E-state index in [4.69, 9.17) is 0 Å². The number of aromatic nitrogens is 2. The Balaban J connectivity index is 2.38. The predicted octanol–water partition coefficient (Wildman–Crippen LogP) is 3.99. The van der Waals surface area contributed by atoms with Crippen molar-refractivity contribution in [2.24, 2.45) is 0 Å². The molecule has 0 atom stereocenters. The number of nitrogens with zero attached hydrogens (tertiary/aromatic N) is 1. The van der Waals surface area contributed by atoms with Gasteiger partial charge in [-0.2, -0.15) is 5.10 Å². The van der Waals surface area contributed by atoms with Gasteiger partial charge in [-0.1, -0.05) is 28.8 Å². The van der Waals surface area contributed by atoms with Gasteiger partial charge in [-0.15, -0.1) is 0 Å². The second-order valence-electron chi connectivity index (χ2n) is 5.67. The quantitative estimate of drug-likeness (QED) is 0.462. The van der Waals surface area contributed by atoms with Gasteiger partial charge in [0.15, 0.2) is 0 Å². The highest BCUT2D eigenvalue weighted by atomic mass is 15.2. The molecule has 2 nitrogen and oxygen atoms in total. The summed E-state index contributed by atoms with van der Waals surface area (Å²) in [5.41, 5.74) is 6.35. The van der Waals surface area contributed by atoms with Crippen molar-refractivity contribution in [3.8, 4) is 0 Å². The number of nitrogens with one attached hydrogen (secondary N) is 1. The normalized spacial score (nSPS) is 11.8. The molecule has 0 saturated heterocycles. The van der Waals surface area contributed by atoms with E-state index in [0.29, 0.717) is 0 Å². The number of fused-ring (bicyclic) bond motifs is 5. The Bertz CT molecular complexity index is 977. The van der Waals surface area contributed by atoms with Gasteiger partial charge < -0.3 is 0 Å². The van der Waals surface area contributed by atoms with Crippen LogP contribution in [0.3, 0.4) is 0 Å². The van der Waals surface area contributed by atoms with Crippen LogP contribution in [-0.4, -0.2) is 5.10 Å². The van der Waals surface area contributed by atoms with Gasteiger partial charge in [-0.05, 0) is 42.5 Å². The maximum absolute atomic E-state index is 3.55. The first-order valence-corrected chi connectivity index (χ1v) is 6.98. The standard InChI is InChI=1S/C18H16N2/c1-11-8-12(2)17-16(9-11)18-15-7-5-4-6-14(15)10-13(3)20(18)19-17/h4-10H,1-3H3/p+1. The van der Waals surface area contributed by atoms with Crippen LogP contribution in [0.15, 0.2) is 42.5 Å². The number of benzene rings is 2. The molecular weight excluding hydrogens is 244 g/mol. The Morgan fingerprint density at radius 1 is 0.900 bits per heavy atom. The molecule has 0 radical (unpaired) electrons. The van der Waals surface area contributed by atoms with Crippen LogP contribution in [0.2, 0.25) is 0 Å². The lowest BCUT2D eigenvalue weighted by Crippen LogP contribution is -2.26. The zero-order valence-electron chi connectivity index (χ0n) is 12.0. The maximum atomic E-state index is 3.55. The van der Waals surface area contributed by atoms with Gasteiger partial charge in [0.2, 0.25) is 5.69 Å². The summed E-state index contributed by atoms with van der Waals surface area (Å²) in [5, 5.41) is 7.46. The Kier molecular flexibility index (Phi) is 2.19. The van der Waals surface area contributed by atoms with E-state index in [9.17, 15) is 0 Å². The van der Waals surface area contributed by atoms with Crippen LogP contribution in [0.1, 0.15) is 16.8 Å². The van der Waals surface area contributed by atoms with Crippen molar-refractivity contribution < 1.29 is 4.52 Å². The number of pyridine rings is 1. The molecular formula is C18H17N2+. The topological polar surface area (TPSA) is 19.9 Å². The molecule has 0 bridgehead atoms. The van der Waals surface area contributed by atoms with Gasteiger partial charge in [0, 0.05) is 13.0 Å². The van der Waals surface area contributed by atoms with Crippen LogP contribution in [0.4, 0.5) is 0 Å². The van der Waals surface area contributed by atoms with E-state index >= 15 is 0 Å². The lowest BCUT2D eigenvalue weighted by molar-refractivity contribution is -0.580. The smallest absolute Gasteiger partial charge is 0.159 e.